The second-order valence-electron chi connectivity index (χ2n) is 3.18. The monoisotopic (exact) mass is 220 g/mol. The fraction of sp³-hybridized carbons (Fsp3) is 0.250. The molecule has 2 nitrogen and oxygen atoms in total. The first-order chi connectivity index (χ1) is 7.26. The first-order valence-electron chi connectivity index (χ1n) is 4.78. The number of halogens is 1. The Morgan fingerprint density at radius 3 is 2.93 bits per heavy atom. The van der Waals surface area contributed by atoms with Gasteiger partial charge in [0.05, 0.1) is 11.6 Å². The molecule has 0 aliphatic heterocycles. The second-order valence-corrected chi connectivity index (χ2v) is 3.62. The van der Waals surface area contributed by atoms with Gasteiger partial charge in [0.1, 0.15) is 0 Å². The van der Waals surface area contributed by atoms with Crippen molar-refractivity contribution in [3.05, 3.63) is 40.4 Å². The van der Waals surface area contributed by atoms with E-state index in [4.69, 9.17) is 16.9 Å². The molecule has 3 heteroatoms. The third-order valence-electron chi connectivity index (χ3n) is 1.92. The Labute approximate surface area is 95.2 Å². The summed E-state index contributed by atoms with van der Waals surface area (Å²) in [5, 5.41) is 12.4. The molecule has 1 aromatic carbocycles. The molecule has 0 aliphatic carbocycles. The number of hydrogen-bond acceptors (Lipinski definition) is 2. The van der Waals surface area contributed by atoms with E-state index < -0.39 is 0 Å². The lowest BCUT2D eigenvalue weighted by molar-refractivity contribution is 0.809. The number of nitrogens with one attached hydrogen (secondary N) is 1. The summed E-state index contributed by atoms with van der Waals surface area (Å²) in [6.07, 6.45) is 5.00. The third-order valence-corrected chi connectivity index (χ3v) is 2.14. The van der Waals surface area contributed by atoms with Gasteiger partial charge >= 0.3 is 0 Å². The SMILES string of the molecule is CNCCC=Cc1cc(Cl)cc(C#N)c1. The average molecular weight is 221 g/mol. The molecule has 0 fully saturated rings. The Balaban J connectivity index is 2.73. The first kappa shape index (κ1) is 11.8. The standard InChI is InChI=1S/C12H13ClN2/c1-15-5-3-2-4-10-6-11(9-14)8-12(13)7-10/h2,4,6-8,15H,3,5H2,1H3. The molecule has 1 aromatic rings. The predicted octanol–water partition coefficient (Wildman–Crippen LogP) is 2.83. The largest absolute Gasteiger partial charge is 0.319 e. The molecule has 0 amide bonds. The number of benzene rings is 1. The van der Waals surface area contributed by atoms with Crippen LogP contribution < -0.4 is 5.32 Å². The lowest BCUT2D eigenvalue weighted by Crippen LogP contribution is -2.05. The van der Waals surface area contributed by atoms with Crippen molar-refractivity contribution in [2.75, 3.05) is 13.6 Å². The van der Waals surface area contributed by atoms with Crippen molar-refractivity contribution in [1.82, 2.24) is 5.32 Å². The zero-order chi connectivity index (χ0) is 11.1. The second kappa shape index (κ2) is 6.23. The molecular weight excluding hydrogens is 208 g/mol. The molecule has 0 atom stereocenters. The molecule has 0 unspecified atom stereocenters. The molecule has 0 aliphatic rings. The summed E-state index contributed by atoms with van der Waals surface area (Å²) >= 11 is 5.87. The fourth-order valence-corrected chi connectivity index (χ4v) is 1.46. The number of nitrogens with zero attached hydrogens (tertiary/aromatic N) is 1. The maximum atomic E-state index is 8.75. The summed E-state index contributed by atoms with van der Waals surface area (Å²) in [6.45, 7) is 0.947. The molecule has 0 heterocycles. The topological polar surface area (TPSA) is 35.8 Å². The summed E-state index contributed by atoms with van der Waals surface area (Å²) in [7, 11) is 1.92. The Kier molecular flexibility index (Phi) is 4.89. The van der Waals surface area contributed by atoms with E-state index in [1.54, 1.807) is 6.07 Å². The normalized spacial score (nSPS) is 10.5. The highest BCUT2D eigenvalue weighted by molar-refractivity contribution is 6.30. The zero-order valence-electron chi connectivity index (χ0n) is 8.63. The van der Waals surface area contributed by atoms with E-state index in [-0.39, 0.29) is 0 Å². The molecule has 78 valence electrons. The van der Waals surface area contributed by atoms with Crippen LogP contribution in [0.4, 0.5) is 0 Å². The van der Waals surface area contributed by atoms with E-state index in [2.05, 4.69) is 17.5 Å². The highest BCUT2D eigenvalue weighted by Gasteiger charge is 1.95. The van der Waals surface area contributed by atoms with Crippen LogP contribution in [-0.2, 0) is 0 Å². The van der Waals surface area contributed by atoms with Crippen molar-refractivity contribution in [3.8, 4) is 6.07 Å². The van der Waals surface area contributed by atoms with Gasteiger partial charge < -0.3 is 5.32 Å². The van der Waals surface area contributed by atoms with Crippen LogP contribution >= 0.6 is 11.6 Å². The number of rotatable bonds is 4. The van der Waals surface area contributed by atoms with Crippen LogP contribution in [0.1, 0.15) is 17.5 Å². The maximum absolute atomic E-state index is 8.75. The molecule has 15 heavy (non-hydrogen) atoms. The van der Waals surface area contributed by atoms with E-state index in [1.165, 1.54) is 0 Å². The number of nitriles is 1. The van der Waals surface area contributed by atoms with Gasteiger partial charge in [0.15, 0.2) is 0 Å². The molecule has 0 bridgehead atoms. The zero-order valence-corrected chi connectivity index (χ0v) is 9.38. The van der Waals surface area contributed by atoms with Crippen molar-refractivity contribution in [2.45, 2.75) is 6.42 Å². The molecule has 1 N–H and O–H groups in total. The molecule has 1 rings (SSSR count). The molecular formula is C12H13ClN2. The van der Waals surface area contributed by atoms with Crippen molar-refractivity contribution < 1.29 is 0 Å². The Hall–Kier alpha value is -1.30. The van der Waals surface area contributed by atoms with Gasteiger partial charge in [0, 0.05) is 5.02 Å². The molecule has 0 radical (unpaired) electrons. The number of hydrogen-bond donors (Lipinski definition) is 1. The van der Waals surface area contributed by atoms with Crippen molar-refractivity contribution in [1.29, 1.82) is 5.26 Å². The average Bonchev–Trinajstić information content (AvgIpc) is 2.23. The van der Waals surface area contributed by atoms with Crippen molar-refractivity contribution >= 4 is 17.7 Å². The van der Waals surface area contributed by atoms with Gasteiger partial charge in [0.25, 0.3) is 0 Å². The van der Waals surface area contributed by atoms with Crippen LogP contribution in [0.5, 0.6) is 0 Å². The van der Waals surface area contributed by atoms with Gasteiger partial charge in [-0.1, -0.05) is 23.8 Å². The summed E-state index contributed by atoms with van der Waals surface area (Å²) in [5.74, 6) is 0. The van der Waals surface area contributed by atoms with Gasteiger partial charge in [-0.3, -0.25) is 0 Å². The Bertz CT molecular complexity index is 391. The van der Waals surface area contributed by atoms with Crippen LogP contribution in [-0.4, -0.2) is 13.6 Å². The fourth-order valence-electron chi connectivity index (χ4n) is 1.22. The minimum absolute atomic E-state index is 0.593. The van der Waals surface area contributed by atoms with Crippen LogP contribution in [0.2, 0.25) is 5.02 Å². The van der Waals surface area contributed by atoms with E-state index in [1.807, 2.05) is 25.3 Å². The lowest BCUT2D eigenvalue weighted by Gasteiger charge is -1.97. The highest BCUT2D eigenvalue weighted by atomic mass is 35.5. The molecule has 0 saturated carbocycles. The minimum atomic E-state index is 0.593. The molecule has 0 aromatic heterocycles. The van der Waals surface area contributed by atoms with Crippen LogP contribution in [0.3, 0.4) is 0 Å². The Morgan fingerprint density at radius 2 is 2.27 bits per heavy atom. The summed E-state index contributed by atoms with van der Waals surface area (Å²) in [5.41, 5.74) is 1.56. The van der Waals surface area contributed by atoms with E-state index in [0.29, 0.717) is 10.6 Å². The van der Waals surface area contributed by atoms with Crippen LogP contribution in [0, 0.1) is 11.3 Å². The van der Waals surface area contributed by atoms with Crippen LogP contribution in [0.15, 0.2) is 24.3 Å². The summed E-state index contributed by atoms with van der Waals surface area (Å²) in [6, 6.07) is 7.40. The Morgan fingerprint density at radius 1 is 1.47 bits per heavy atom. The molecule has 0 spiro atoms. The van der Waals surface area contributed by atoms with Crippen molar-refractivity contribution in [2.24, 2.45) is 0 Å². The van der Waals surface area contributed by atoms with E-state index in [9.17, 15) is 0 Å². The van der Waals surface area contributed by atoms with Gasteiger partial charge in [-0.05, 0) is 43.8 Å². The smallest absolute Gasteiger partial charge is 0.0992 e. The van der Waals surface area contributed by atoms with Gasteiger partial charge in [-0.25, -0.2) is 0 Å². The van der Waals surface area contributed by atoms with Gasteiger partial charge in [-0.15, -0.1) is 0 Å². The van der Waals surface area contributed by atoms with Gasteiger partial charge in [-0.2, -0.15) is 5.26 Å². The summed E-state index contributed by atoms with van der Waals surface area (Å²) < 4.78 is 0. The lowest BCUT2D eigenvalue weighted by atomic mass is 10.1. The van der Waals surface area contributed by atoms with Crippen LogP contribution in [0.25, 0.3) is 6.08 Å². The van der Waals surface area contributed by atoms with Gasteiger partial charge in [0.2, 0.25) is 0 Å². The minimum Gasteiger partial charge on any atom is -0.319 e. The van der Waals surface area contributed by atoms with E-state index >= 15 is 0 Å². The molecule has 0 saturated heterocycles. The quantitative estimate of drug-likeness (QED) is 0.793. The highest BCUT2D eigenvalue weighted by Crippen LogP contribution is 2.15. The maximum Gasteiger partial charge on any atom is 0.0992 e. The summed E-state index contributed by atoms with van der Waals surface area (Å²) in [4.78, 5) is 0. The predicted molar refractivity (Wildman–Crippen MR) is 63.7 cm³/mol. The van der Waals surface area contributed by atoms with Crippen molar-refractivity contribution in [3.63, 3.8) is 0 Å². The third kappa shape index (κ3) is 4.16. The van der Waals surface area contributed by atoms with E-state index in [0.717, 1.165) is 18.5 Å². The first-order valence-corrected chi connectivity index (χ1v) is 5.16.